The molecule has 14 heavy (non-hydrogen) atoms. The molecular formula is C9H9BrClN3. The van der Waals surface area contributed by atoms with E-state index < -0.39 is 0 Å². The lowest BCUT2D eigenvalue weighted by Crippen LogP contribution is -2.26. The molecule has 0 unspecified atom stereocenters. The molecule has 0 amide bonds. The quantitative estimate of drug-likeness (QED) is 0.825. The molecule has 0 bridgehead atoms. The van der Waals surface area contributed by atoms with Crippen LogP contribution in [0.15, 0.2) is 27.7 Å². The summed E-state index contributed by atoms with van der Waals surface area (Å²) in [6.07, 6.45) is 0. The van der Waals surface area contributed by atoms with Gasteiger partial charge in [0.25, 0.3) is 0 Å². The highest BCUT2D eigenvalue weighted by atomic mass is 79.9. The summed E-state index contributed by atoms with van der Waals surface area (Å²) < 4.78 is 0.950. The number of nitrogens with one attached hydrogen (secondary N) is 2. The summed E-state index contributed by atoms with van der Waals surface area (Å²) in [4.78, 5) is 4.23. The van der Waals surface area contributed by atoms with E-state index in [1.807, 2.05) is 18.2 Å². The standard InChI is InChI=1S/C9H9BrClN3/c10-6-3-7(11)5-8(4-6)14-9-12-1-2-13-9/h3-5H,1-2H2,(H2,12,13,14). The largest absolute Gasteiger partial charge is 0.354 e. The zero-order valence-electron chi connectivity index (χ0n) is 7.35. The Morgan fingerprint density at radius 1 is 1.43 bits per heavy atom. The van der Waals surface area contributed by atoms with Crippen molar-refractivity contribution in [3.63, 3.8) is 0 Å². The van der Waals surface area contributed by atoms with Crippen LogP contribution in [0, 0.1) is 0 Å². The zero-order valence-corrected chi connectivity index (χ0v) is 9.69. The fraction of sp³-hybridized carbons (Fsp3) is 0.222. The molecule has 1 aliphatic rings. The normalized spacial score (nSPS) is 14.9. The highest BCUT2D eigenvalue weighted by molar-refractivity contribution is 9.10. The maximum atomic E-state index is 5.91. The van der Waals surface area contributed by atoms with Crippen molar-refractivity contribution in [2.75, 3.05) is 18.4 Å². The monoisotopic (exact) mass is 273 g/mol. The average molecular weight is 275 g/mol. The van der Waals surface area contributed by atoms with Gasteiger partial charge in [-0.1, -0.05) is 27.5 Å². The molecule has 0 aromatic heterocycles. The molecule has 0 fully saturated rings. The highest BCUT2D eigenvalue weighted by Gasteiger charge is 2.05. The topological polar surface area (TPSA) is 36.4 Å². The Morgan fingerprint density at radius 3 is 2.93 bits per heavy atom. The Kier molecular flexibility index (Phi) is 2.93. The molecule has 1 aliphatic heterocycles. The van der Waals surface area contributed by atoms with Crippen molar-refractivity contribution in [2.45, 2.75) is 0 Å². The maximum absolute atomic E-state index is 5.91. The molecule has 3 nitrogen and oxygen atoms in total. The first-order valence-electron chi connectivity index (χ1n) is 4.25. The van der Waals surface area contributed by atoms with Gasteiger partial charge < -0.3 is 10.6 Å². The summed E-state index contributed by atoms with van der Waals surface area (Å²) in [5.41, 5.74) is 0.928. The van der Waals surface area contributed by atoms with E-state index >= 15 is 0 Å². The Hall–Kier alpha value is -0.740. The second-order valence-electron chi connectivity index (χ2n) is 2.94. The molecule has 0 spiro atoms. The van der Waals surface area contributed by atoms with Crippen LogP contribution in [0.1, 0.15) is 0 Å². The third-order valence-electron chi connectivity index (χ3n) is 1.80. The predicted octanol–water partition coefficient (Wildman–Crippen LogP) is 2.47. The molecular weight excluding hydrogens is 265 g/mol. The minimum Gasteiger partial charge on any atom is -0.354 e. The number of guanidine groups is 1. The van der Waals surface area contributed by atoms with Gasteiger partial charge in [0.05, 0.1) is 6.54 Å². The fourth-order valence-electron chi connectivity index (χ4n) is 1.24. The van der Waals surface area contributed by atoms with Crippen LogP contribution < -0.4 is 10.6 Å². The fourth-order valence-corrected chi connectivity index (χ4v) is 2.10. The van der Waals surface area contributed by atoms with Crippen molar-refractivity contribution < 1.29 is 0 Å². The van der Waals surface area contributed by atoms with E-state index in [1.165, 1.54) is 0 Å². The van der Waals surface area contributed by atoms with Gasteiger partial charge in [0.2, 0.25) is 0 Å². The lowest BCUT2D eigenvalue weighted by Gasteiger charge is -2.07. The van der Waals surface area contributed by atoms with E-state index in [0.29, 0.717) is 5.02 Å². The van der Waals surface area contributed by atoms with E-state index in [1.54, 1.807) is 0 Å². The van der Waals surface area contributed by atoms with E-state index in [2.05, 4.69) is 31.6 Å². The second kappa shape index (κ2) is 4.19. The van der Waals surface area contributed by atoms with Gasteiger partial charge >= 0.3 is 0 Å². The van der Waals surface area contributed by atoms with Crippen LogP contribution in [0.2, 0.25) is 5.02 Å². The first-order valence-corrected chi connectivity index (χ1v) is 5.42. The number of benzene rings is 1. The molecule has 0 saturated heterocycles. The van der Waals surface area contributed by atoms with E-state index in [4.69, 9.17) is 11.6 Å². The molecule has 0 saturated carbocycles. The smallest absolute Gasteiger partial charge is 0.195 e. The minimum atomic E-state index is 0.695. The Balaban J connectivity index is 2.15. The van der Waals surface area contributed by atoms with Gasteiger partial charge in [-0.15, -0.1) is 0 Å². The van der Waals surface area contributed by atoms with Crippen LogP contribution >= 0.6 is 27.5 Å². The van der Waals surface area contributed by atoms with Gasteiger partial charge in [0.1, 0.15) is 0 Å². The maximum Gasteiger partial charge on any atom is 0.195 e. The minimum absolute atomic E-state index is 0.695. The zero-order chi connectivity index (χ0) is 9.97. The Morgan fingerprint density at radius 2 is 2.29 bits per heavy atom. The number of rotatable bonds is 1. The van der Waals surface area contributed by atoms with Crippen LogP contribution in [0.5, 0.6) is 0 Å². The molecule has 0 aliphatic carbocycles. The highest BCUT2D eigenvalue weighted by Crippen LogP contribution is 2.22. The average Bonchev–Trinajstić information content (AvgIpc) is 2.54. The Labute approximate surface area is 95.7 Å². The number of hydrogen-bond donors (Lipinski definition) is 2. The van der Waals surface area contributed by atoms with Gasteiger partial charge in [-0.2, -0.15) is 0 Å². The third-order valence-corrected chi connectivity index (χ3v) is 2.48. The summed E-state index contributed by atoms with van der Waals surface area (Å²) in [6.45, 7) is 1.72. The summed E-state index contributed by atoms with van der Waals surface area (Å²) in [5.74, 6) is 0.805. The molecule has 1 aromatic carbocycles. The van der Waals surface area contributed by atoms with Crippen LogP contribution in [-0.2, 0) is 0 Å². The van der Waals surface area contributed by atoms with Crippen LogP contribution in [0.4, 0.5) is 5.69 Å². The van der Waals surface area contributed by atoms with E-state index in [0.717, 1.165) is 29.2 Å². The van der Waals surface area contributed by atoms with Crippen molar-refractivity contribution in [1.29, 1.82) is 0 Å². The van der Waals surface area contributed by atoms with Crippen molar-refractivity contribution in [3.05, 3.63) is 27.7 Å². The lowest BCUT2D eigenvalue weighted by atomic mass is 10.3. The van der Waals surface area contributed by atoms with Crippen molar-refractivity contribution in [3.8, 4) is 0 Å². The summed E-state index contributed by atoms with van der Waals surface area (Å²) >= 11 is 9.28. The number of halogens is 2. The van der Waals surface area contributed by atoms with Gasteiger partial charge in [0, 0.05) is 21.7 Å². The molecule has 0 radical (unpaired) electrons. The van der Waals surface area contributed by atoms with Crippen LogP contribution in [0.3, 0.4) is 0 Å². The number of hydrogen-bond acceptors (Lipinski definition) is 3. The SMILES string of the molecule is Clc1cc(Br)cc(NC2=NCCN2)c1. The van der Waals surface area contributed by atoms with Gasteiger partial charge in [-0.05, 0) is 18.2 Å². The molecule has 1 aromatic rings. The van der Waals surface area contributed by atoms with Crippen molar-refractivity contribution >= 4 is 39.2 Å². The van der Waals surface area contributed by atoms with Gasteiger partial charge in [0.15, 0.2) is 5.96 Å². The number of anilines is 1. The molecule has 74 valence electrons. The second-order valence-corrected chi connectivity index (χ2v) is 4.29. The van der Waals surface area contributed by atoms with E-state index in [-0.39, 0.29) is 0 Å². The predicted molar refractivity (Wildman–Crippen MR) is 63.1 cm³/mol. The first kappa shape index (κ1) is 9.80. The van der Waals surface area contributed by atoms with Crippen molar-refractivity contribution in [2.24, 2.45) is 4.99 Å². The summed E-state index contributed by atoms with van der Waals surface area (Å²) in [7, 11) is 0. The van der Waals surface area contributed by atoms with Crippen LogP contribution in [-0.4, -0.2) is 19.0 Å². The van der Waals surface area contributed by atoms with Crippen molar-refractivity contribution in [1.82, 2.24) is 5.32 Å². The first-order chi connectivity index (χ1) is 6.74. The Bertz CT molecular complexity index is 358. The summed E-state index contributed by atoms with van der Waals surface area (Å²) in [6, 6.07) is 5.65. The van der Waals surface area contributed by atoms with Gasteiger partial charge in [-0.3, -0.25) is 4.99 Å². The molecule has 0 atom stereocenters. The molecule has 5 heteroatoms. The third kappa shape index (κ3) is 2.39. The number of nitrogens with zero attached hydrogens (tertiary/aromatic N) is 1. The van der Waals surface area contributed by atoms with Gasteiger partial charge in [-0.25, -0.2) is 0 Å². The molecule has 2 N–H and O–H groups in total. The number of aliphatic imine (C=N–C) groups is 1. The van der Waals surface area contributed by atoms with E-state index in [9.17, 15) is 0 Å². The van der Waals surface area contributed by atoms with Crippen LogP contribution in [0.25, 0.3) is 0 Å². The molecule has 2 rings (SSSR count). The lowest BCUT2D eigenvalue weighted by molar-refractivity contribution is 0.959. The molecule has 1 heterocycles. The summed E-state index contributed by atoms with van der Waals surface area (Å²) in [5, 5.41) is 6.97.